The molecule has 2 rings (SSSR count). The number of carbonyl (C=O) groups is 2. The predicted molar refractivity (Wildman–Crippen MR) is 106 cm³/mol. The molecule has 1 fully saturated rings. The van der Waals surface area contributed by atoms with E-state index in [9.17, 15) is 9.59 Å². The number of ether oxygens (including phenoxy) is 1. The number of likely N-dealkylation sites (tertiary alicyclic amines) is 1. The van der Waals surface area contributed by atoms with Crippen LogP contribution in [0.5, 0.6) is 0 Å². The van der Waals surface area contributed by atoms with Crippen molar-refractivity contribution in [2.24, 2.45) is 5.92 Å². The van der Waals surface area contributed by atoms with Gasteiger partial charge in [-0.05, 0) is 69.7 Å². The van der Waals surface area contributed by atoms with Crippen molar-refractivity contribution < 1.29 is 14.3 Å². The van der Waals surface area contributed by atoms with E-state index in [1.807, 2.05) is 40.0 Å². The average Bonchev–Trinajstić information content (AvgIpc) is 2.64. The minimum absolute atomic E-state index is 0.00185. The molecule has 148 valence electrons. The van der Waals surface area contributed by atoms with Crippen LogP contribution in [-0.2, 0) is 9.53 Å². The Labute approximate surface area is 162 Å². The van der Waals surface area contributed by atoms with E-state index in [0.717, 1.165) is 44.5 Å². The van der Waals surface area contributed by atoms with Gasteiger partial charge in [0.05, 0.1) is 0 Å². The highest BCUT2D eigenvalue weighted by Crippen LogP contribution is 2.22. The van der Waals surface area contributed by atoms with Crippen LogP contribution in [-0.4, -0.2) is 59.1 Å². The van der Waals surface area contributed by atoms with Crippen LogP contribution < -0.4 is 0 Å². The second-order valence-electron chi connectivity index (χ2n) is 8.07. The quantitative estimate of drug-likeness (QED) is 0.740. The van der Waals surface area contributed by atoms with Gasteiger partial charge in [-0.25, -0.2) is 4.79 Å². The fraction of sp³-hybridized carbons (Fsp3) is 0.571. The summed E-state index contributed by atoms with van der Waals surface area (Å²) in [4.78, 5) is 31.8. The number of nitrogens with zero attached hydrogens (tertiary/aromatic N) is 3. The maximum Gasteiger partial charge on any atom is 0.410 e. The summed E-state index contributed by atoms with van der Waals surface area (Å²) in [7, 11) is 1.83. The van der Waals surface area contributed by atoms with Crippen LogP contribution in [0.15, 0.2) is 30.6 Å². The summed E-state index contributed by atoms with van der Waals surface area (Å²) in [5, 5.41) is 0. The van der Waals surface area contributed by atoms with E-state index in [-0.39, 0.29) is 12.0 Å². The van der Waals surface area contributed by atoms with Crippen LogP contribution in [0.1, 0.15) is 45.6 Å². The van der Waals surface area contributed by atoms with Crippen molar-refractivity contribution in [1.29, 1.82) is 0 Å². The molecule has 0 bridgehead atoms. The van der Waals surface area contributed by atoms with Gasteiger partial charge in [0.2, 0.25) is 5.91 Å². The standard InChI is InChI=1S/C21H31N3O3/c1-21(2,3)27-20(26)24-15-10-18(11-16-24)9-14-23(4)19(25)6-5-17-7-12-22-13-8-17/h5-8,12-13,18H,9-11,14-16H2,1-4H3. The summed E-state index contributed by atoms with van der Waals surface area (Å²) in [5.41, 5.74) is 0.502. The lowest BCUT2D eigenvalue weighted by Crippen LogP contribution is -2.42. The summed E-state index contributed by atoms with van der Waals surface area (Å²) in [6.07, 6.45) is 9.44. The SMILES string of the molecule is CN(CCC1CCN(C(=O)OC(C)(C)C)CC1)C(=O)C=Cc1ccncc1. The lowest BCUT2D eigenvalue weighted by molar-refractivity contribution is -0.124. The number of rotatable bonds is 5. The fourth-order valence-electron chi connectivity index (χ4n) is 2.99. The van der Waals surface area contributed by atoms with Crippen molar-refractivity contribution in [3.63, 3.8) is 0 Å². The van der Waals surface area contributed by atoms with E-state index in [1.165, 1.54) is 0 Å². The van der Waals surface area contributed by atoms with E-state index in [0.29, 0.717) is 5.92 Å². The molecule has 1 saturated heterocycles. The molecule has 1 aromatic heterocycles. The number of amides is 2. The van der Waals surface area contributed by atoms with Crippen LogP contribution in [0.25, 0.3) is 6.08 Å². The zero-order valence-electron chi connectivity index (χ0n) is 16.9. The molecule has 0 atom stereocenters. The number of aromatic nitrogens is 1. The van der Waals surface area contributed by atoms with Crippen molar-refractivity contribution in [3.05, 3.63) is 36.2 Å². The first-order chi connectivity index (χ1) is 12.7. The number of piperidine rings is 1. The third-order valence-electron chi connectivity index (χ3n) is 4.64. The van der Waals surface area contributed by atoms with Crippen molar-refractivity contribution in [3.8, 4) is 0 Å². The molecule has 0 radical (unpaired) electrons. The molecule has 2 amide bonds. The lowest BCUT2D eigenvalue weighted by atomic mass is 9.93. The predicted octanol–water partition coefficient (Wildman–Crippen LogP) is 3.59. The molecule has 6 nitrogen and oxygen atoms in total. The molecule has 0 saturated carbocycles. The van der Waals surface area contributed by atoms with E-state index >= 15 is 0 Å². The van der Waals surface area contributed by atoms with Gasteiger partial charge in [-0.3, -0.25) is 9.78 Å². The summed E-state index contributed by atoms with van der Waals surface area (Å²) in [6, 6.07) is 3.73. The number of pyridine rings is 1. The summed E-state index contributed by atoms with van der Waals surface area (Å²) in [5.74, 6) is 0.529. The molecule has 1 aliphatic rings. The smallest absolute Gasteiger partial charge is 0.410 e. The van der Waals surface area contributed by atoms with Gasteiger partial charge in [-0.15, -0.1) is 0 Å². The Morgan fingerprint density at radius 1 is 1.26 bits per heavy atom. The summed E-state index contributed by atoms with van der Waals surface area (Å²) >= 11 is 0. The van der Waals surface area contributed by atoms with E-state index in [1.54, 1.807) is 34.3 Å². The topological polar surface area (TPSA) is 62.7 Å². The Hall–Kier alpha value is -2.37. The highest BCUT2D eigenvalue weighted by Gasteiger charge is 2.26. The second-order valence-corrected chi connectivity index (χ2v) is 8.07. The van der Waals surface area contributed by atoms with E-state index in [4.69, 9.17) is 4.74 Å². The molecule has 1 aromatic rings. The number of hydrogen-bond acceptors (Lipinski definition) is 4. The molecule has 0 aliphatic carbocycles. The Bertz CT molecular complexity index is 644. The number of hydrogen-bond donors (Lipinski definition) is 0. The van der Waals surface area contributed by atoms with Gasteiger partial charge in [0.1, 0.15) is 5.60 Å². The second kappa shape index (κ2) is 9.53. The molecule has 6 heteroatoms. The molecular formula is C21H31N3O3. The van der Waals surface area contributed by atoms with Gasteiger partial charge < -0.3 is 14.5 Å². The molecule has 0 unspecified atom stereocenters. The van der Waals surface area contributed by atoms with Gasteiger partial charge in [-0.2, -0.15) is 0 Å². The maximum atomic E-state index is 12.2. The van der Waals surface area contributed by atoms with Gasteiger partial charge in [-0.1, -0.05) is 0 Å². The van der Waals surface area contributed by atoms with Crippen LogP contribution in [0.3, 0.4) is 0 Å². The number of carbonyl (C=O) groups excluding carboxylic acids is 2. The normalized spacial score (nSPS) is 15.8. The first-order valence-corrected chi connectivity index (χ1v) is 9.56. The maximum absolute atomic E-state index is 12.2. The first kappa shape index (κ1) is 20.9. The van der Waals surface area contributed by atoms with Gasteiger partial charge in [0, 0.05) is 45.2 Å². The summed E-state index contributed by atoms with van der Waals surface area (Å²) in [6.45, 7) is 7.81. The average molecular weight is 373 g/mol. The highest BCUT2D eigenvalue weighted by atomic mass is 16.6. The van der Waals surface area contributed by atoms with Crippen molar-refractivity contribution in [2.75, 3.05) is 26.7 Å². The van der Waals surface area contributed by atoms with Gasteiger partial charge in [0.15, 0.2) is 0 Å². The largest absolute Gasteiger partial charge is 0.444 e. The summed E-state index contributed by atoms with van der Waals surface area (Å²) < 4.78 is 5.43. The van der Waals surface area contributed by atoms with E-state index in [2.05, 4.69) is 4.98 Å². The van der Waals surface area contributed by atoms with Crippen LogP contribution in [0.4, 0.5) is 4.79 Å². The molecule has 0 aromatic carbocycles. The fourth-order valence-corrected chi connectivity index (χ4v) is 2.99. The van der Waals surface area contributed by atoms with Crippen LogP contribution in [0, 0.1) is 5.92 Å². The zero-order valence-corrected chi connectivity index (χ0v) is 16.9. The molecular weight excluding hydrogens is 342 g/mol. The third-order valence-corrected chi connectivity index (χ3v) is 4.64. The Morgan fingerprint density at radius 2 is 1.89 bits per heavy atom. The van der Waals surface area contributed by atoms with Gasteiger partial charge >= 0.3 is 6.09 Å². The minimum Gasteiger partial charge on any atom is -0.444 e. The molecule has 0 spiro atoms. The Kier molecular flexibility index (Phi) is 7.39. The molecule has 1 aliphatic heterocycles. The molecule has 27 heavy (non-hydrogen) atoms. The lowest BCUT2D eigenvalue weighted by Gasteiger charge is -2.34. The van der Waals surface area contributed by atoms with Crippen molar-refractivity contribution >= 4 is 18.1 Å². The van der Waals surface area contributed by atoms with Crippen LogP contribution >= 0.6 is 0 Å². The highest BCUT2D eigenvalue weighted by molar-refractivity contribution is 5.91. The van der Waals surface area contributed by atoms with Crippen molar-refractivity contribution in [1.82, 2.24) is 14.8 Å². The Morgan fingerprint density at radius 3 is 2.48 bits per heavy atom. The van der Waals surface area contributed by atoms with E-state index < -0.39 is 5.60 Å². The first-order valence-electron chi connectivity index (χ1n) is 9.56. The molecule has 0 N–H and O–H groups in total. The van der Waals surface area contributed by atoms with Crippen LogP contribution in [0.2, 0.25) is 0 Å². The minimum atomic E-state index is -0.458. The Balaban J connectivity index is 1.70. The van der Waals surface area contributed by atoms with Crippen molar-refractivity contribution in [2.45, 2.75) is 45.6 Å². The number of likely N-dealkylation sites (N-methyl/N-ethyl adjacent to an activating group) is 1. The monoisotopic (exact) mass is 373 g/mol. The molecule has 2 heterocycles. The zero-order chi connectivity index (χ0) is 19.9. The van der Waals surface area contributed by atoms with Gasteiger partial charge in [0.25, 0.3) is 0 Å². The third kappa shape index (κ3) is 7.41.